The second kappa shape index (κ2) is 8.70. The highest BCUT2D eigenvalue weighted by Gasteiger charge is 2.15. The van der Waals surface area contributed by atoms with Crippen molar-refractivity contribution in [2.45, 2.75) is 0 Å². The number of benzene rings is 3. The average Bonchev–Trinajstić information content (AvgIpc) is 3.32. The number of nitrogens with one attached hydrogen (secondary N) is 2. The van der Waals surface area contributed by atoms with E-state index >= 15 is 0 Å². The Morgan fingerprint density at radius 1 is 0.939 bits per heavy atom. The van der Waals surface area contributed by atoms with Gasteiger partial charge < -0.3 is 15.0 Å². The van der Waals surface area contributed by atoms with Gasteiger partial charge in [0.15, 0.2) is 0 Å². The fraction of sp³-hybridized carbons (Fsp3) is 0.0370. The van der Waals surface area contributed by atoms with Gasteiger partial charge >= 0.3 is 0 Å². The van der Waals surface area contributed by atoms with E-state index in [1.54, 1.807) is 19.5 Å². The molecule has 0 aliphatic heterocycles. The van der Waals surface area contributed by atoms with Crippen molar-refractivity contribution in [1.29, 1.82) is 5.26 Å². The zero-order valence-corrected chi connectivity index (χ0v) is 18.5. The number of H-pyrrole nitrogens is 1. The van der Waals surface area contributed by atoms with E-state index < -0.39 is 0 Å². The first-order chi connectivity index (χ1) is 16.2. The van der Waals surface area contributed by atoms with Crippen molar-refractivity contribution in [1.82, 2.24) is 9.97 Å². The molecule has 0 saturated heterocycles. The number of aromatic amines is 1. The Balaban J connectivity index is 1.63. The summed E-state index contributed by atoms with van der Waals surface area (Å²) in [7, 11) is 1.65. The number of methoxy groups -OCH3 is 1. The lowest BCUT2D eigenvalue weighted by molar-refractivity contribution is 0.416. The first-order valence-electron chi connectivity index (χ1n) is 10.3. The smallest absolute Gasteiger partial charge is 0.126 e. The zero-order valence-electron chi connectivity index (χ0n) is 17.8. The third-order valence-corrected chi connectivity index (χ3v) is 5.81. The van der Waals surface area contributed by atoms with Gasteiger partial charge in [0.1, 0.15) is 11.8 Å². The number of rotatable bonds is 5. The number of hydrogen-bond acceptors (Lipinski definition) is 4. The highest BCUT2D eigenvalue weighted by Crippen LogP contribution is 2.38. The minimum atomic E-state index is 0.463. The molecule has 0 atom stereocenters. The largest absolute Gasteiger partial charge is 0.496 e. The minimum Gasteiger partial charge on any atom is -0.496 e. The average molecular weight is 451 g/mol. The van der Waals surface area contributed by atoms with Gasteiger partial charge in [-0.3, -0.25) is 4.98 Å². The van der Waals surface area contributed by atoms with Crippen molar-refractivity contribution in [3.8, 4) is 34.1 Å². The van der Waals surface area contributed by atoms with E-state index in [9.17, 15) is 5.26 Å². The van der Waals surface area contributed by atoms with Gasteiger partial charge in [-0.2, -0.15) is 5.26 Å². The van der Waals surface area contributed by atoms with Crippen molar-refractivity contribution in [3.63, 3.8) is 0 Å². The molecule has 2 aromatic heterocycles. The number of hydrogen-bond donors (Lipinski definition) is 2. The molecule has 6 heteroatoms. The Morgan fingerprint density at radius 2 is 1.76 bits per heavy atom. The number of halogens is 1. The van der Waals surface area contributed by atoms with E-state index in [4.69, 9.17) is 16.3 Å². The molecule has 2 N–H and O–H groups in total. The Morgan fingerprint density at radius 3 is 2.55 bits per heavy atom. The van der Waals surface area contributed by atoms with Crippen LogP contribution in [0.25, 0.3) is 33.2 Å². The molecule has 5 nitrogen and oxygen atoms in total. The summed E-state index contributed by atoms with van der Waals surface area (Å²) in [4.78, 5) is 7.51. The molecule has 2 heterocycles. The van der Waals surface area contributed by atoms with Crippen LogP contribution < -0.4 is 10.1 Å². The molecule has 0 fully saturated rings. The van der Waals surface area contributed by atoms with Crippen molar-refractivity contribution in [2.75, 3.05) is 12.4 Å². The SMILES string of the molecule is COc1ccc(-c2cncc(C#N)c2Nc2ccc3[nH]ccc3c2)cc1-c1ccc(Cl)cc1. The summed E-state index contributed by atoms with van der Waals surface area (Å²) < 4.78 is 5.61. The first-order valence-corrected chi connectivity index (χ1v) is 10.7. The molecular formula is C27H19ClN4O. The van der Waals surface area contributed by atoms with Crippen molar-refractivity contribution in [2.24, 2.45) is 0 Å². The van der Waals surface area contributed by atoms with E-state index in [2.05, 4.69) is 21.4 Å². The number of pyridine rings is 1. The normalized spacial score (nSPS) is 10.7. The van der Waals surface area contributed by atoms with Crippen LogP contribution in [0.3, 0.4) is 0 Å². The Labute approximate surface area is 196 Å². The maximum atomic E-state index is 9.78. The van der Waals surface area contributed by atoms with Gasteiger partial charge in [0.25, 0.3) is 0 Å². The van der Waals surface area contributed by atoms with Gasteiger partial charge in [-0.15, -0.1) is 0 Å². The molecule has 5 rings (SSSR count). The van der Waals surface area contributed by atoms with Crippen LogP contribution in [-0.2, 0) is 0 Å². The van der Waals surface area contributed by atoms with E-state index in [-0.39, 0.29) is 0 Å². The molecule has 160 valence electrons. The van der Waals surface area contributed by atoms with Crippen LogP contribution in [0.15, 0.2) is 85.3 Å². The topological polar surface area (TPSA) is 73.7 Å². The van der Waals surface area contributed by atoms with Crippen LogP contribution in [0, 0.1) is 11.3 Å². The molecule has 0 amide bonds. The summed E-state index contributed by atoms with van der Waals surface area (Å²) in [6.07, 6.45) is 5.25. The summed E-state index contributed by atoms with van der Waals surface area (Å²) in [5.74, 6) is 0.748. The molecule has 0 radical (unpaired) electrons. The van der Waals surface area contributed by atoms with E-state index in [1.807, 2.05) is 72.9 Å². The van der Waals surface area contributed by atoms with Crippen LogP contribution in [0.2, 0.25) is 5.02 Å². The number of aromatic nitrogens is 2. The van der Waals surface area contributed by atoms with Gasteiger partial charge in [-0.05, 0) is 59.7 Å². The van der Waals surface area contributed by atoms with E-state index in [0.29, 0.717) is 16.3 Å². The molecular weight excluding hydrogens is 432 g/mol. The molecule has 0 unspecified atom stereocenters. The maximum absolute atomic E-state index is 9.78. The van der Waals surface area contributed by atoms with Crippen LogP contribution in [-0.4, -0.2) is 17.1 Å². The molecule has 0 aliphatic carbocycles. The highest BCUT2D eigenvalue weighted by atomic mass is 35.5. The Kier molecular flexibility index (Phi) is 5.43. The summed E-state index contributed by atoms with van der Waals surface area (Å²) in [5.41, 5.74) is 6.75. The highest BCUT2D eigenvalue weighted by molar-refractivity contribution is 6.30. The number of nitrogens with zero attached hydrogens (tertiary/aromatic N) is 2. The lowest BCUT2D eigenvalue weighted by atomic mass is 9.97. The third-order valence-electron chi connectivity index (χ3n) is 5.55. The maximum Gasteiger partial charge on any atom is 0.126 e. The van der Waals surface area contributed by atoms with Crippen molar-refractivity contribution >= 4 is 33.9 Å². The molecule has 5 aromatic rings. The number of anilines is 2. The summed E-state index contributed by atoms with van der Waals surface area (Å²) in [6.45, 7) is 0. The van der Waals surface area contributed by atoms with Gasteiger partial charge in [0, 0.05) is 51.3 Å². The second-order valence-corrected chi connectivity index (χ2v) is 7.98. The first kappa shape index (κ1) is 20.6. The molecule has 0 saturated carbocycles. The third kappa shape index (κ3) is 4.00. The predicted molar refractivity (Wildman–Crippen MR) is 133 cm³/mol. The zero-order chi connectivity index (χ0) is 22.8. The summed E-state index contributed by atoms with van der Waals surface area (Å²) in [6, 6.07) is 23.9. The standard InChI is InChI=1S/C27H19ClN4O/c1-33-26-9-4-18(13-23(26)17-2-5-21(28)6-3-17)24-16-30-15-20(14-29)27(24)32-22-7-8-25-19(12-22)10-11-31-25/h2-13,15-16,31H,1H3,(H,30,32). The van der Waals surface area contributed by atoms with Crippen LogP contribution in [0.5, 0.6) is 5.75 Å². The van der Waals surface area contributed by atoms with Gasteiger partial charge in [0.05, 0.1) is 18.4 Å². The van der Waals surface area contributed by atoms with Gasteiger partial charge in [-0.1, -0.05) is 29.8 Å². The fourth-order valence-corrected chi connectivity index (χ4v) is 4.03. The molecule has 33 heavy (non-hydrogen) atoms. The lowest BCUT2D eigenvalue weighted by Crippen LogP contribution is -1.98. The molecule has 0 bridgehead atoms. The number of fused-ring (bicyclic) bond motifs is 1. The van der Waals surface area contributed by atoms with Crippen molar-refractivity contribution < 1.29 is 4.74 Å². The Bertz CT molecular complexity index is 1500. The van der Waals surface area contributed by atoms with E-state index in [0.717, 1.165) is 44.6 Å². The van der Waals surface area contributed by atoms with Crippen LogP contribution in [0.1, 0.15) is 5.56 Å². The quantitative estimate of drug-likeness (QED) is 0.297. The second-order valence-electron chi connectivity index (χ2n) is 7.55. The van der Waals surface area contributed by atoms with Crippen LogP contribution >= 0.6 is 11.6 Å². The number of nitriles is 1. The van der Waals surface area contributed by atoms with Crippen molar-refractivity contribution in [3.05, 3.63) is 95.9 Å². The number of ether oxygens (including phenoxy) is 1. The predicted octanol–water partition coefficient (Wildman–Crippen LogP) is 7.17. The molecule has 0 aliphatic rings. The van der Waals surface area contributed by atoms with Gasteiger partial charge in [0.2, 0.25) is 0 Å². The Hall–Kier alpha value is -4.27. The monoisotopic (exact) mass is 450 g/mol. The fourth-order valence-electron chi connectivity index (χ4n) is 3.90. The molecule has 3 aromatic carbocycles. The van der Waals surface area contributed by atoms with Crippen LogP contribution in [0.4, 0.5) is 11.4 Å². The van der Waals surface area contributed by atoms with E-state index in [1.165, 1.54) is 0 Å². The molecule has 0 spiro atoms. The minimum absolute atomic E-state index is 0.463. The van der Waals surface area contributed by atoms with Gasteiger partial charge in [-0.25, -0.2) is 0 Å². The lowest BCUT2D eigenvalue weighted by Gasteiger charge is -2.16. The summed E-state index contributed by atoms with van der Waals surface area (Å²) >= 11 is 6.08. The summed E-state index contributed by atoms with van der Waals surface area (Å²) in [5, 5.41) is 15.0.